The summed E-state index contributed by atoms with van der Waals surface area (Å²) in [5.74, 6) is 0.562. The summed E-state index contributed by atoms with van der Waals surface area (Å²) in [7, 11) is 2.97. The molecule has 0 fully saturated rings. The Balaban J connectivity index is 0.00000363. The summed E-state index contributed by atoms with van der Waals surface area (Å²) in [6.07, 6.45) is 0.824. The first-order valence-electron chi connectivity index (χ1n) is 9.41. The largest absolute Gasteiger partial charge is 0.493 e. The zero-order chi connectivity index (χ0) is 22.4. The van der Waals surface area contributed by atoms with E-state index in [-0.39, 0.29) is 30.6 Å². The molecular formula is C21H23Cl2FN4O4. The second kappa shape index (κ2) is 11.7. The summed E-state index contributed by atoms with van der Waals surface area (Å²) in [6.45, 7) is 2.17. The van der Waals surface area contributed by atoms with E-state index in [1.54, 1.807) is 25.1 Å². The fraction of sp³-hybridized carbons (Fsp3) is 0.286. The van der Waals surface area contributed by atoms with Gasteiger partial charge in [-0.25, -0.2) is 14.4 Å². The Morgan fingerprint density at radius 3 is 2.66 bits per heavy atom. The number of anilines is 2. The molecule has 2 N–H and O–H groups in total. The number of methoxy groups -OCH3 is 2. The van der Waals surface area contributed by atoms with Gasteiger partial charge in [0.1, 0.15) is 30.7 Å². The summed E-state index contributed by atoms with van der Waals surface area (Å²) >= 11 is 5.81. The number of fused-ring (bicyclic) bond motifs is 1. The number of aromatic nitrogens is 2. The van der Waals surface area contributed by atoms with Crippen molar-refractivity contribution >= 4 is 52.3 Å². The van der Waals surface area contributed by atoms with Crippen LogP contribution in [0.3, 0.4) is 0 Å². The highest BCUT2D eigenvalue weighted by molar-refractivity contribution is 6.30. The summed E-state index contributed by atoms with van der Waals surface area (Å²) in [6, 6.07) is 7.71. The summed E-state index contributed by atoms with van der Waals surface area (Å²) in [5, 5.41) is 6.58. The lowest BCUT2D eigenvalue weighted by molar-refractivity contribution is -0.130. The molecular weight excluding hydrogens is 462 g/mol. The van der Waals surface area contributed by atoms with Gasteiger partial charge in [-0.05, 0) is 31.2 Å². The molecule has 1 amide bonds. The molecule has 2 aromatic carbocycles. The van der Waals surface area contributed by atoms with Crippen molar-refractivity contribution < 1.29 is 23.4 Å². The lowest BCUT2D eigenvalue weighted by Crippen LogP contribution is -2.36. The van der Waals surface area contributed by atoms with Gasteiger partial charge < -0.3 is 24.8 Å². The minimum Gasteiger partial charge on any atom is -0.493 e. The third-order valence-electron chi connectivity index (χ3n) is 4.49. The highest BCUT2D eigenvalue weighted by Crippen LogP contribution is 2.35. The first kappa shape index (κ1) is 25.4. The van der Waals surface area contributed by atoms with E-state index in [1.165, 1.54) is 32.7 Å². The third kappa shape index (κ3) is 6.09. The smallest absolute Gasteiger partial charge is 0.248 e. The molecule has 1 aromatic heterocycles. The van der Waals surface area contributed by atoms with Crippen LogP contribution in [0.2, 0.25) is 5.02 Å². The van der Waals surface area contributed by atoms with Crippen LogP contribution >= 0.6 is 24.0 Å². The number of carbonyl (C=O) groups is 1. The van der Waals surface area contributed by atoms with E-state index in [9.17, 15) is 9.18 Å². The van der Waals surface area contributed by atoms with Gasteiger partial charge >= 0.3 is 0 Å². The summed E-state index contributed by atoms with van der Waals surface area (Å²) < 4.78 is 30.3. The van der Waals surface area contributed by atoms with E-state index in [0.29, 0.717) is 39.8 Å². The van der Waals surface area contributed by atoms with Crippen LogP contribution in [-0.4, -0.2) is 49.4 Å². The van der Waals surface area contributed by atoms with Crippen molar-refractivity contribution in [2.24, 2.45) is 0 Å². The molecule has 8 nitrogen and oxygen atoms in total. The molecule has 172 valence electrons. The molecule has 0 aliphatic rings. The van der Waals surface area contributed by atoms with Gasteiger partial charge in [0.05, 0.1) is 24.9 Å². The number of rotatable bonds is 9. The second-order valence-corrected chi connectivity index (χ2v) is 6.95. The molecule has 0 aliphatic carbocycles. The lowest BCUT2D eigenvalue weighted by Gasteiger charge is -2.15. The van der Waals surface area contributed by atoms with E-state index in [0.717, 1.165) is 0 Å². The van der Waals surface area contributed by atoms with Crippen molar-refractivity contribution in [3.8, 4) is 11.5 Å². The van der Waals surface area contributed by atoms with Gasteiger partial charge in [0.2, 0.25) is 5.91 Å². The van der Waals surface area contributed by atoms with Gasteiger partial charge in [0.15, 0.2) is 11.5 Å². The maximum absolute atomic E-state index is 14.2. The Morgan fingerprint density at radius 1 is 1.19 bits per heavy atom. The molecule has 3 aromatic rings. The van der Waals surface area contributed by atoms with E-state index >= 15 is 0 Å². The van der Waals surface area contributed by atoms with Crippen LogP contribution < -0.4 is 20.1 Å². The normalized spacial score (nSPS) is 11.4. The zero-order valence-electron chi connectivity index (χ0n) is 17.6. The van der Waals surface area contributed by atoms with Gasteiger partial charge in [-0.1, -0.05) is 11.6 Å². The number of ether oxygens (including phenoxy) is 3. The lowest BCUT2D eigenvalue weighted by atomic mass is 10.2. The molecule has 11 heteroatoms. The van der Waals surface area contributed by atoms with Crippen LogP contribution in [0.1, 0.15) is 6.92 Å². The first-order valence-corrected chi connectivity index (χ1v) is 9.79. The monoisotopic (exact) mass is 484 g/mol. The molecule has 0 spiro atoms. The molecule has 1 heterocycles. The number of halogens is 3. The number of hydrogen-bond acceptors (Lipinski definition) is 7. The van der Waals surface area contributed by atoms with Gasteiger partial charge in [0, 0.05) is 23.6 Å². The Morgan fingerprint density at radius 2 is 1.97 bits per heavy atom. The van der Waals surface area contributed by atoms with Gasteiger partial charge in [-0.15, -0.1) is 12.4 Å². The van der Waals surface area contributed by atoms with E-state index in [2.05, 4.69) is 20.6 Å². The van der Waals surface area contributed by atoms with Gasteiger partial charge in [-0.3, -0.25) is 4.79 Å². The molecule has 0 radical (unpaired) electrons. The van der Waals surface area contributed by atoms with E-state index in [1.807, 2.05) is 0 Å². The van der Waals surface area contributed by atoms with Crippen LogP contribution in [0.4, 0.5) is 15.9 Å². The number of nitrogens with one attached hydrogen (secondary N) is 2. The summed E-state index contributed by atoms with van der Waals surface area (Å²) in [5.41, 5.74) is 0.796. The quantitative estimate of drug-likeness (QED) is 0.441. The Labute approximate surface area is 195 Å². The number of hydrogen-bond donors (Lipinski definition) is 2. The Kier molecular flexibility index (Phi) is 9.25. The zero-order valence-corrected chi connectivity index (χ0v) is 19.2. The van der Waals surface area contributed by atoms with Crippen LogP contribution in [0, 0.1) is 5.82 Å². The predicted molar refractivity (Wildman–Crippen MR) is 123 cm³/mol. The SMILES string of the molecule is COc1cc2c(Nc3ccc(Cl)cc3F)ncnc2cc1OCCNC(=O)C(C)OC.Cl. The minimum atomic E-state index is -0.539. The van der Waals surface area contributed by atoms with Crippen molar-refractivity contribution in [1.29, 1.82) is 0 Å². The first-order chi connectivity index (χ1) is 14.9. The van der Waals surface area contributed by atoms with Crippen LogP contribution in [0.5, 0.6) is 11.5 Å². The van der Waals surface area contributed by atoms with E-state index < -0.39 is 11.9 Å². The van der Waals surface area contributed by atoms with Crippen molar-refractivity contribution in [2.75, 3.05) is 32.7 Å². The van der Waals surface area contributed by atoms with E-state index in [4.69, 9.17) is 25.8 Å². The molecule has 3 rings (SSSR count). The number of benzene rings is 2. The Bertz CT molecular complexity index is 1090. The number of nitrogens with zero attached hydrogens (tertiary/aromatic N) is 2. The Hall–Kier alpha value is -2.88. The predicted octanol–water partition coefficient (Wildman–Crippen LogP) is 4.13. The van der Waals surface area contributed by atoms with Crippen LogP contribution in [0.25, 0.3) is 10.9 Å². The average Bonchev–Trinajstić information content (AvgIpc) is 2.77. The van der Waals surface area contributed by atoms with Crippen molar-refractivity contribution in [3.63, 3.8) is 0 Å². The minimum absolute atomic E-state index is 0. The number of amides is 1. The van der Waals surface area contributed by atoms with Crippen LogP contribution in [0.15, 0.2) is 36.7 Å². The molecule has 0 bridgehead atoms. The maximum atomic E-state index is 14.2. The van der Waals surface area contributed by atoms with Crippen molar-refractivity contribution in [3.05, 3.63) is 47.5 Å². The fourth-order valence-corrected chi connectivity index (χ4v) is 2.90. The molecule has 0 aliphatic heterocycles. The van der Waals surface area contributed by atoms with Crippen LogP contribution in [-0.2, 0) is 9.53 Å². The molecule has 0 saturated heterocycles. The molecule has 1 atom stereocenters. The second-order valence-electron chi connectivity index (χ2n) is 6.51. The average molecular weight is 485 g/mol. The standard InChI is InChI=1S/C21H22ClFN4O4.ClH/c1-12(29-2)21(28)24-6-7-31-19-10-17-14(9-18(19)30-3)20(26-11-25-17)27-16-5-4-13(22)8-15(16)23;/h4-5,8-12H,6-7H2,1-3H3,(H,24,28)(H,25,26,27);1H. The third-order valence-corrected chi connectivity index (χ3v) is 4.72. The molecule has 32 heavy (non-hydrogen) atoms. The topological polar surface area (TPSA) is 94.6 Å². The van der Waals surface area contributed by atoms with Gasteiger partial charge in [0.25, 0.3) is 0 Å². The number of carbonyl (C=O) groups excluding carboxylic acids is 1. The summed E-state index contributed by atoms with van der Waals surface area (Å²) in [4.78, 5) is 20.2. The fourth-order valence-electron chi connectivity index (χ4n) is 2.74. The van der Waals surface area contributed by atoms with Crippen molar-refractivity contribution in [1.82, 2.24) is 15.3 Å². The van der Waals surface area contributed by atoms with Gasteiger partial charge in [-0.2, -0.15) is 0 Å². The highest BCUT2D eigenvalue weighted by Gasteiger charge is 2.14. The highest BCUT2D eigenvalue weighted by atomic mass is 35.5. The maximum Gasteiger partial charge on any atom is 0.248 e. The molecule has 1 unspecified atom stereocenters. The molecule has 0 saturated carbocycles. The van der Waals surface area contributed by atoms with Crippen molar-refractivity contribution in [2.45, 2.75) is 13.0 Å².